The van der Waals surface area contributed by atoms with E-state index in [1.165, 1.54) is 23.5 Å². The van der Waals surface area contributed by atoms with Crippen LogP contribution in [0.25, 0.3) is 16.7 Å². The summed E-state index contributed by atoms with van der Waals surface area (Å²) in [5, 5.41) is 10.5. The summed E-state index contributed by atoms with van der Waals surface area (Å²) in [5.41, 5.74) is 2.19. The molecule has 1 fully saturated rings. The Bertz CT molecular complexity index is 1570. The highest BCUT2D eigenvalue weighted by Gasteiger charge is 2.20. The van der Waals surface area contributed by atoms with E-state index in [2.05, 4.69) is 52.5 Å². The van der Waals surface area contributed by atoms with Gasteiger partial charge in [-0.1, -0.05) is 0 Å². The summed E-state index contributed by atoms with van der Waals surface area (Å²) in [4.78, 5) is 28.2. The molecule has 5 heterocycles. The molecule has 182 valence electrons. The molecule has 0 spiro atoms. The summed E-state index contributed by atoms with van der Waals surface area (Å²) in [7, 11) is 0. The average Bonchev–Trinajstić information content (AvgIpc) is 3.36. The molecular weight excluding hydrogens is 465 g/mol. The lowest BCUT2D eigenvalue weighted by molar-refractivity contribution is 0.452. The normalized spacial score (nSPS) is 16.0. The summed E-state index contributed by atoms with van der Waals surface area (Å²) in [5.74, 6) is 1.11. The maximum absolute atomic E-state index is 15.4. The van der Waals surface area contributed by atoms with Crippen LogP contribution in [0, 0.1) is 12.7 Å². The van der Waals surface area contributed by atoms with Gasteiger partial charge in [0.25, 0.3) is 0 Å². The smallest absolute Gasteiger partial charge is 0.226 e. The van der Waals surface area contributed by atoms with Crippen LogP contribution < -0.4 is 20.3 Å². The molecule has 1 saturated heterocycles. The summed E-state index contributed by atoms with van der Waals surface area (Å²) in [6, 6.07) is 5.21. The molecule has 0 saturated carbocycles. The number of fused-ring (bicyclic) bond motifs is 2. The first-order valence-corrected chi connectivity index (χ1v) is 11.4. The highest BCUT2D eigenvalue weighted by atomic mass is 19.1. The molecule has 0 bridgehead atoms. The molecule has 36 heavy (non-hydrogen) atoms. The van der Waals surface area contributed by atoms with Crippen molar-refractivity contribution in [2.45, 2.75) is 19.9 Å². The molecule has 0 unspecified atom stereocenters. The molecule has 1 aliphatic heterocycles. The fourth-order valence-electron chi connectivity index (χ4n) is 4.08. The van der Waals surface area contributed by atoms with Crippen molar-refractivity contribution >= 4 is 34.1 Å². The number of benzene rings is 1. The summed E-state index contributed by atoms with van der Waals surface area (Å²) in [6.07, 6.45) is 5.96. The van der Waals surface area contributed by atoms with Gasteiger partial charge in [0.1, 0.15) is 35.8 Å². The van der Waals surface area contributed by atoms with Gasteiger partial charge >= 0.3 is 0 Å². The molecular formula is C23H22FN11O. The lowest BCUT2D eigenvalue weighted by Gasteiger charge is -2.31. The first-order chi connectivity index (χ1) is 17.5. The number of aromatic nitrogens is 8. The number of hydrogen-bond donors (Lipinski definition) is 2. The van der Waals surface area contributed by atoms with E-state index >= 15 is 4.39 Å². The first kappa shape index (κ1) is 22.0. The Balaban J connectivity index is 1.29. The van der Waals surface area contributed by atoms with Gasteiger partial charge < -0.3 is 20.3 Å². The molecule has 0 radical (unpaired) electrons. The number of anilines is 3. The van der Waals surface area contributed by atoms with Crippen molar-refractivity contribution in [3.63, 3.8) is 0 Å². The van der Waals surface area contributed by atoms with E-state index in [9.17, 15) is 0 Å². The summed E-state index contributed by atoms with van der Waals surface area (Å²) >= 11 is 0. The minimum atomic E-state index is -0.479. The second-order valence-corrected chi connectivity index (χ2v) is 8.49. The minimum absolute atomic E-state index is 0.233. The van der Waals surface area contributed by atoms with Crippen LogP contribution in [0.1, 0.15) is 12.5 Å². The Labute approximate surface area is 204 Å². The van der Waals surface area contributed by atoms with Crippen molar-refractivity contribution in [1.29, 1.82) is 0 Å². The summed E-state index contributed by atoms with van der Waals surface area (Å²) < 4.78 is 22.7. The van der Waals surface area contributed by atoms with Crippen molar-refractivity contribution in [1.82, 2.24) is 44.8 Å². The zero-order valence-corrected chi connectivity index (χ0v) is 19.6. The molecule has 5 aromatic rings. The number of piperazine rings is 1. The van der Waals surface area contributed by atoms with Crippen LogP contribution in [0.3, 0.4) is 0 Å². The van der Waals surface area contributed by atoms with Crippen LogP contribution >= 0.6 is 0 Å². The maximum Gasteiger partial charge on any atom is 0.226 e. The molecule has 12 nitrogen and oxygen atoms in total. The third kappa shape index (κ3) is 4.09. The van der Waals surface area contributed by atoms with Crippen molar-refractivity contribution in [3.8, 4) is 11.6 Å². The van der Waals surface area contributed by atoms with Crippen LogP contribution in [0.15, 0.2) is 43.4 Å². The van der Waals surface area contributed by atoms with Crippen LogP contribution in [0.5, 0.6) is 11.6 Å². The predicted octanol–water partition coefficient (Wildman–Crippen LogP) is 2.64. The summed E-state index contributed by atoms with van der Waals surface area (Å²) in [6.45, 7) is 6.18. The van der Waals surface area contributed by atoms with Crippen LogP contribution in [-0.2, 0) is 0 Å². The lowest BCUT2D eigenvalue weighted by Crippen LogP contribution is -2.49. The monoisotopic (exact) mass is 487 g/mol. The highest BCUT2D eigenvalue weighted by Crippen LogP contribution is 2.32. The average molecular weight is 488 g/mol. The van der Waals surface area contributed by atoms with Gasteiger partial charge in [0.2, 0.25) is 11.8 Å². The van der Waals surface area contributed by atoms with Crippen molar-refractivity contribution in [2.75, 3.05) is 29.9 Å². The van der Waals surface area contributed by atoms with Crippen LogP contribution in [-0.4, -0.2) is 65.2 Å². The van der Waals surface area contributed by atoms with Crippen LogP contribution in [0.4, 0.5) is 21.8 Å². The Morgan fingerprint density at radius 1 is 1.14 bits per heavy atom. The Kier molecular flexibility index (Phi) is 5.45. The first-order valence-electron chi connectivity index (χ1n) is 11.4. The van der Waals surface area contributed by atoms with E-state index in [1.54, 1.807) is 31.3 Å². The third-order valence-corrected chi connectivity index (χ3v) is 5.97. The van der Waals surface area contributed by atoms with Gasteiger partial charge in [0.15, 0.2) is 17.3 Å². The Morgan fingerprint density at radius 2 is 2.06 bits per heavy atom. The number of halogens is 1. The van der Waals surface area contributed by atoms with Gasteiger partial charge in [-0.15, -0.1) is 0 Å². The molecule has 0 amide bonds. The molecule has 13 heteroatoms. The molecule has 1 aliphatic rings. The molecule has 2 N–H and O–H groups in total. The standard InChI is InChI=1S/C23H22FN11O/c1-13-9-34(6-5-25-13)23-26-8-16-21(33-23)22(29-10-27-16)32-15-3-4-17(14(2)20(15)24)36-19-7-18-28-11-31-35(18)12-30-19/h3-4,7-8,10-13,25H,5-6,9H2,1-2H3,(H,27,29,32)/t13-/m1/s1. The van der Waals surface area contributed by atoms with Crippen LogP contribution in [0.2, 0.25) is 0 Å². The van der Waals surface area contributed by atoms with E-state index < -0.39 is 5.82 Å². The molecule has 4 aromatic heterocycles. The van der Waals surface area contributed by atoms with Gasteiger partial charge in [-0.25, -0.2) is 38.8 Å². The van der Waals surface area contributed by atoms with Gasteiger partial charge in [0.05, 0.1) is 11.9 Å². The number of hydrogen-bond acceptors (Lipinski definition) is 11. The van der Waals surface area contributed by atoms with Crippen molar-refractivity contribution < 1.29 is 9.13 Å². The quantitative estimate of drug-likeness (QED) is 0.379. The second kappa shape index (κ2) is 8.92. The van der Waals surface area contributed by atoms with Gasteiger partial charge in [-0.2, -0.15) is 5.10 Å². The largest absolute Gasteiger partial charge is 0.438 e. The van der Waals surface area contributed by atoms with Gasteiger partial charge in [-0.05, 0) is 26.0 Å². The van der Waals surface area contributed by atoms with E-state index in [4.69, 9.17) is 9.72 Å². The van der Waals surface area contributed by atoms with Gasteiger partial charge in [0, 0.05) is 37.3 Å². The number of nitrogens with zero attached hydrogens (tertiary/aromatic N) is 9. The van der Waals surface area contributed by atoms with Gasteiger partial charge in [-0.3, -0.25) is 0 Å². The zero-order valence-electron chi connectivity index (χ0n) is 19.6. The number of rotatable bonds is 5. The number of ether oxygens (including phenoxy) is 1. The highest BCUT2D eigenvalue weighted by molar-refractivity contribution is 5.87. The molecule has 6 rings (SSSR count). The molecule has 1 aromatic carbocycles. The maximum atomic E-state index is 15.4. The van der Waals surface area contributed by atoms with E-state index in [-0.39, 0.29) is 11.6 Å². The molecule has 1 atom stereocenters. The Hall–Kier alpha value is -4.52. The van der Waals surface area contributed by atoms with Crippen molar-refractivity contribution in [2.24, 2.45) is 0 Å². The van der Waals surface area contributed by atoms with E-state index in [0.29, 0.717) is 45.8 Å². The topological polar surface area (TPSA) is 131 Å². The second-order valence-electron chi connectivity index (χ2n) is 8.49. The predicted molar refractivity (Wildman–Crippen MR) is 130 cm³/mol. The fraction of sp³-hybridized carbons (Fsp3) is 0.261. The Morgan fingerprint density at radius 3 is 2.94 bits per heavy atom. The lowest BCUT2D eigenvalue weighted by atomic mass is 10.2. The van der Waals surface area contributed by atoms with E-state index in [1.807, 2.05) is 0 Å². The van der Waals surface area contributed by atoms with E-state index in [0.717, 1.165) is 19.6 Å². The SMILES string of the molecule is Cc1c(Oc2cc3ncnn3cn2)ccc(Nc2ncnc3cnc(N4CCN[C@H](C)C4)nc23)c1F. The number of nitrogens with one attached hydrogen (secondary N) is 2. The molecule has 0 aliphatic carbocycles. The third-order valence-electron chi connectivity index (χ3n) is 5.97. The zero-order chi connectivity index (χ0) is 24.6. The van der Waals surface area contributed by atoms with Crippen molar-refractivity contribution in [3.05, 3.63) is 54.8 Å². The minimum Gasteiger partial charge on any atom is -0.438 e. The fourth-order valence-corrected chi connectivity index (χ4v) is 4.08.